The highest BCUT2D eigenvalue weighted by molar-refractivity contribution is 5.67. The van der Waals surface area contributed by atoms with Crippen molar-refractivity contribution >= 4 is 5.97 Å². The number of rotatable bonds is 5. The standard InChI is InChI=1S/C12H16N6O2/c1-4-10-9(5-7(2)13-14-10)12-15-16-17-18(12)8(3)6-11(19)20/h5,8H,4,6H2,1-3H3,(H,19,20). The third kappa shape index (κ3) is 2.79. The van der Waals surface area contributed by atoms with Crippen LogP contribution in [0.15, 0.2) is 6.07 Å². The molecular weight excluding hydrogens is 260 g/mol. The summed E-state index contributed by atoms with van der Waals surface area (Å²) in [6.45, 7) is 5.57. The van der Waals surface area contributed by atoms with E-state index in [0.717, 1.165) is 17.0 Å². The Bertz CT molecular complexity index is 624. The van der Waals surface area contributed by atoms with E-state index in [1.54, 1.807) is 6.92 Å². The summed E-state index contributed by atoms with van der Waals surface area (Å²) in [6.07, 6.45) is 0.653. The summed E-state index contributed by atoms with van der Waals surface area (Å²) in [5.41, 5.74) is 2.34. The Morgan fingerprint density at radius 1 is 1.40 bits per heavy atom. The molecule has 0 aromatic carbocycles. The molecule has 2 heterocycles. The first-order valence-electron chi connectivity index (χ1n) is 6.36. The van der Waals surface area contributed by atoms with Gasteiger partial charge in [0.2, 0.25) is 0 Å². The highest BCUT2D eigenvalue weighted by Crippen LogP contribution is 2.23. The minimum absolute atomic E-state index is 0.0447. The molecule has 0 saturated carbocycles. The van der Waals surface area contributed by atoms with Crippen molar-refractivity contribution in [3.8, 4) is 11.4 Å². The van der Waals surface area contributed by atoms with Gasteiger partial charge in [-0.1, -0.05) is 6.92 Å². The van der Waals surface area contributed by atoms with Crippen LogP contribution in [-0.4, -0.2) is 41.5 Å². The van der Waals surface area contributed by atoms with Crippen LogP contribution >= 0.6 is 0 Å². The van der Waals surface area contributed by atoms with Gasteiger partial charge >= 0.3 is 5.97 Å². The van der Waals surface area contributed by atoms with Crippen LogP contribution in [0.2, 0.25) is 0 Å². The van der Waals surface area contributed by atoms with E-state index >= 15 is 0 Å². The first-order valence-corrected chi connectivity index (χ1v) is 6.36. The number of aromatic nitrogens is 6. The fourth-order valence-electron chi connectivity index (χ4n) is 1.98. The summed E-state index contributed by atoms with van der Waals surface area (Å²) >= 11 is 0. The maximum absolute atomic E-state index is 10.8. The number of aliphatic carboxylic acids is 1. The van der Waals surface area contributed by atoms with E-state index in [1.165, 1.54) is 4.68 Å². The number of carboxylic acid groups (broad SMARTS) is 1. The monoisotopic (exact) mass is 276 g/mol. The van der Waals surface area contributed by atoms with Crippen molar-refractivity contribution in [3.63, 3.8) is 0 Å². The molecule has 8 nitrogen and oxygen atoms in total. The van der Waals surface area contributed by atoms with Gasteiger partial charge in [0.15, 0.2) is 5.82 Å². The van der Waals surface area contributed by atoms with E-state index in [2.05, 4.69) is 25.7 Å². The zero-order chi connectivity index (χ0) is 14.7. The van der Waals surface area contributed by atoms with Gasteiger partial charge in [-0.25, -0.2) is 4.68 Å². The third-order valence-corrected chi connectivity index (χ3v) is 2.95. The molecule has 0 amide bonds. The summed E-state index contributed by atoms with van der Waals surface area (Å²) in [6, 6.07) is 1.53. The van der Waals surface area contributed by atoms with Crippen LogP contribution in [0.25, 0.3) is 11.4 Å². The fourth-order valence-corrected chi connectivity index (χ4v) is 1.98. The molecule has 20 heavy (non-hydrogen) atoms. The zero-order valence-electron chi connectivity index (χ0n) is 11.6. The molecule has 2 aromatic heterocycles. The Labute approximate surface area is 115 Å². The Kier molecular flexibility index (Phi) is 4.02. The zero-order valence-corrected chi connectivity index (χ0v) is 11.6. The Hall–Kier alpha value is -2.38. The number of hydrogen-bond donors (Lipinski definition) is 1. The van der Waals surface area contributed by atoms with E-state index in [-0.39, 0.29) is 12.5 Å². The molecule has 0 aliphatic carbocycles. The second-order valence-corrected chi connectivity index (χ2v) is 4.59. The first kappa shape index (κ1) is 14.0. The molecule has 8 heteroatoms. The van der Waals surface area contributed by atoms with Gasteiger partial charge < -0.3 is 5.11 Å². The SMILES string of the molecule is CCc1nnc(C)cc1-c1nnnn1C(C)CC(=O)O. The van der Waals surface area contributed by atoms with Crippen molar-refractivity contribution in [2.24, 2.45) is 0 Å². The lowest BCUT2D eigenvalue weighted by Gasteiger charge is -2.12. The molecule has 0 fully saturated rings. The maximum atomic E-state index is 10.8. The van der Waals surface area contributed by atoms with Crippen LogP contribution in [0.5, 0.6) is 0 Å². The smallest absolute Gasteiger partial charge is 0.305 e. The number of carboxylic acids is 1. The molecule has 0 bridgehead atoms. The molecule has 1 atom stereocenters. The predicted octanol–water partition coefficient (Wildman–Crippen LogP) is 1.04. The van der Waals surface area contributed by atoms with Crippen molar-refractivity contribution in [3.05, 3.63) is 17.5 Å². The molecule has 2 aromatic rings. The van der Waals surface area contributed by atoms with Crippen molar-refractivity contribution < 1.29 is 9.90 Å². The lowest BCUT2D eigenvalue weighted by Crippen LogP contribution is -2.14. The topological polar surface area (TPSA) is 107 Å². The molecule has 0 spiro atoms. The summed E-state index contributed by atoms with van der Waals surface area (Å²) in [5, 5.41) is 28.6. The maximum Gasteiger partial charge on any atom is 0.305 e. The molecule has 0 aliphatic rings. The van der Waals surface area contributed by atoms with E-state index in [1.807, 2.05) is 19.9 Å². The van der Waals surface area contributed by atoms with Gasteiger partial charge in [0.25, 0.3) is 0 Å². The van der Waals surface area contributed by atoms with Gasteiger partial charge in [-0.2, -0.15) is 10.2 Å². The molecule has 0 aliphatic heterocycles. The molecule has 0 radical (unpaired) electrons. The van der Waals surface area contributed by atoms with Crippen molar-refractivity contribution in [1.29, 1.82) is 0 Å². The molecule has 1 unspecified atom stereocenters. The van der Waals surface area contributed by atoms with Gasteiger partial charge in [-0.05, 0) is 36.8 Å². The number of nitrogens with zero attached hydrogens (tertiary/aromatic N) is 6. The van der Waals surface area contributed by atoms with E-state index in [0.29, 0.717) is 12.2 Å². The normalized spacial score (nSPS) is 12.3. The van der Waals surface area contributed by atoms with Gasteiger partial charge in [0, 0.05) is 5.56 Å². The van der Waals surface area contributed by atoms with Crippen LogP contribution in [0.4, 0.5) is 0 Å². The van der Waals surface area contributed by atoms with Crippen molar-refractivity contribution in [1.82, 2.24) is 30.4 Å². The van der Waals surface area contributed by atoms with Crippen LogP contribution in [0, 0.1) is 6.92 Å². The second kappa shape index (κ2) is 5.72. The lowest BCUT2D eigenvalue weighted by molar-refractivity contribution is -0.137. The number of carbonyl (C=O) groups is 1. The van der Waals surface area contributed by atoms with Gasteiger partial charge in [0.1, 0.15) is 0 Å². The Morgan fingerprint density at radius 2 is 2.15 bits per heavy atom. The summed E-state index contributed by atoms with van der Waals surface area (Å²) in [7, 11) is 0. The molecular formula is C12H16N6O2. The van der Waals surface area contributed by atoms with E-state index in [9.17, 15) is 4.79 Å². The van der Waals surface area contributed by atoms with Crippen molar-refractivity contribution in [2.45, 2.75) is 39.7 Å². The predicted molar refractivity (Wildman–Crippen MR) is 69.9 cm³/mol. The molecule has 2 rings (SSSR count). The number of tetrazole rings is 1. The van der Waals surface area contributed by atoms with Crippen LogP contribution < -0.4 is 0 Å². The highest BCUT2D eigenvalue weighted by Gasteiger charge is 2.19. The quantitative estimate of drug-likeness (QED) is 0.869. The highest BCUT2D eigenvalue weighted by atomic mass is 16.4. The third-order valence-electron chi connectivity index (χ3n) is 2.95. The minimum Gasteiger partial charge on any atom is -0.481 e. The van der Waals surface area contributed by atoms with E-state index < -0.39 is 5.97 Å². The Balaban J connectivity index is 2.46. The average molecular weight is 276 g/mol. The average Bonchev–Trinajstić information content (AvgIpc) is 2.87. The Morgan fingerprint density at radius 3 is 2.80 bits per heavy atom. The van der Waals surface area contributed by atoms with Crippen molar-refractivity contribution in [2.75, 3.05) is 0 Å². The molecule has 1 N–H and O–H groups in total. The summed E-state index contributed by atoms with van der Waals surface area (Å²) in [5.74, 6) is -0.368. The number of aryl methyl sites for hydroxylation is 2. The lowest BCUT2D eigenvalue weighted by atomic mass is 10.1. The van der Waals surface area contributed by atoms with Gasteiger partial charge in [-0.3, -0.25) is 4.79 Å². The second-order valence-electron chi connectivity index (χ2n) is 4.59. The van der Waals surface area contributed by atoms with Crippen LogP contribution in [0.1, 0.15) is 37.7 Å². The summed E-state index contributed by atoms with van der Waals surface area (Å²) in [4.78, 5) is 10.8. The summed E-state index contributed by atoms with van der Waals surface area (Å²) < 4.78 is 1.52. The van der Waals surface area contributed by atoms with Crippen LogP contribution in [0.3, 0.4) is 0 Å². The number of hydrogen-bond acceptors (Lipinski definition) is 6. The van der Waals surface area contributed by atoms with Gasteiger partial charge in [0.05, 0.1) is 23.9 Å². The largest absolute Gasteiger partial charge is 0.481 e. The fraction of sp³-hybridized carbons (Fsp3) is 0.500. The molecule has 106 valence electrons. The van der Waals surface area contributed by atoms with E-state index in [4.69, 9.17) is 5.11 Å². The van der Waals surface area contributed by atoms with Gasteiger partial charge in [-0.15, -0.1) is 5.10 Å². The molecule has 0 saturated heterocycles. The minimum atomic E-state index is -0.890. The first-order chi connectivity index (χ1) is 9.52. The van der Waals surface area contributed by atoms with Crippen LogP contribution in [-0.2, 0) is 11.2 Å².